The van der Waals surface area contributed by atoms with E-state index in [2.05, 4.69) is 50.4 Å². The predicted molar refractivity (Wildman–Crippen MR) is 59.0 cm³/mol. The lowest BCUT2D eigenvalue weighted by atomic mass is 10.0. The molecule has 0 aromatic heterocycles. The maximum atomic E-state index is 3.53. The van der Waals surface area contributed by atoms with Gasteiger partial charge in [0.15, 0.2) is 0 Å². The lowest BCUT2D eigenvalue weighted by molar-refractivity contribution is 0.511. The summed E-state index contributed by atoms with van der Waals surface area (Å²) in [7, 11) is 0. The van der Waals surface area contributed by atoms with Crippen molar-refractivity contribution in [3.05, 3.63) is 30.3 Å². The fourth-order valence-electron chi connectivity index (χ4n) is 1.49. The van der Waals surface area contributed by atoms with E-state index in [1.165, 1.54) is 12.1 Å². The molecule has 1 aromatic carbocycles. The van der Waals surface area contributed by atoms with Crippen molar-refractivity contribution in [2.75, 3.05) is 5.32 Å². The van der Waals surface area contributed by atoms with Crippen LogP contribution in [0, 0.1) is 5.92 Å². The number of hydrogen-bond acceptors (Lipinski definition) is 1. The molecular weight excluding hydrogens is 158 g/mol. The lowest BCUT2D eigenvalue weighted by Crippen LogP contribution is -2.24. The van der Waals surface area contributed by atoms with Gasteiger partial charge in [-0.3, -0.25) is 0 Å². The Morgan fingerprint density at radius 2 is 1.77 bits per heavy atom. The smallest absolute Gasteiger partial charge is 0.0342 e. The topological polar surface area (TPSA) is 12.0 Å². The molecule has 1 atom stereocenters. The highest BCUT2D eigenvalue weighted by molar-refractivity contribution is 5.43. The Morgan fingerprint density at radius 3 is 2.23 bits per heavy atom. The van der Waals surface area contributed by atoms with Gasteiger partial charge in [-0.1, -0.05) is 39.0 Å². The number of benzene rings is 1. The van der Waals surface area contributed by atoms with Crippen molar-refractivity contribution in [3.63, 3.8) is 0 Å². The number of nitrogens with one attached hydrogen (secondary N) is 1. The van der Waals surface area contributed by atoms with Crippen molar-refractivity contribution in [2.45, 2.75) is 33.2 Å². The minimum absolute atomic E-state index is 0.586. The Balaban J connectivity index is 2.57. The summed E-state index contributed by atoms with van der Waals surface area (Å²) in [5, 5.41) is 3.53. The van der Waals surface area contributed by atoms with E-state index in [-0.39, 0.29) is 0 Å². The van der Waals surface area contributed by atoms with Crippen LogP contribution in [0.2, 0.25) is 0 Å². The molecule has 1 rings (SSSR count). The van der Waals surface area contributed by atoms with Crippen molar-refractivity contribution in [3.8, 4) is 0 Å². The molecule has 0 aliphatic rings. The van der Waals surface area contributed by atoms with Gasteiger partial charge in [-0.25, -0.2) is 0 Å². The van der Waals surface area contributed by atoms with E-state index in [4.69, 9.17) is 0 Å². The summed E-state index contributed by atoms with van der Waals surface area (Å²) in [5.41, 5.74) is 1.23. The second kappa shape index (κ2) is 4.90. The molecule has 1 nitrogen and oxygen atoms in total. The fourth-order valence-corrected chi connectivity index (χ4v) is 1.49. The fraction of sp³-hybridized carbons (Fsp3) is 0.500. The molecule has 0 unspecified atom stereocenters. The third-order valence-corrected chi connectivity index (χ3v) is 2.37. The maximum Gasteiger partial charge on any atom is 0.0342 e. The number of hydrogen-bond donors (Lipinski definition) is 1. The molecule has 13 heavy (non-hydrogen) atoms. The summed E-state index contributed by atoms with van der Waals surface area (Å²) < 4.78 is 0. The van der Waals surface area contributed by atoms with Gasteiger partial charge in [-0.2, -0.15) is 0 Å². The largest absolute Gasteiger partial charge is 0.382 e. The standard InChI is InChI=1S/C12H19N/c1-4-12(10(2)3)13-11-8-6-5-7-9-11/h5-10,12-13H,4H2,1-3H3/t12-/m1/s1. The second-order valence-corrected chi connectivity index (χ2v) is 3.77. The zero-order valence-corrected chi connectivity index (χ0v) is 8.75. The van der Waals surface area contributed by atoms with Gasteiger partial charge in [-0.05, 0) is 24.5 Å². The molecule has 0 radical (unpaired) electrons. The molecule has 0 saturated heterocycles. The van der Waals surface area contributed by atoms with Gasteiger partial charge in [0.1, 0.15) is 0 Å². The van der Waals surface area contributed by atoms with Crippen LogP contribution < -0.4 is 5.32 Å². The van der Waals surface area contributed by atoms with Crippen LogP contribution in [-0.4, -0.2) is 6.04 Å². The molecule has 1 N–H and O–H groups in total. The predicted octanol–water partition coefficient (Wildman–Crippen LogP) is 3.53. The molecule has 0 heterocycles. The van der Waals surface area contributed by atoms with Crippen LogP contribution in [0.5, 0.6) is 0 Å². The Kier molecular flexibility index (Phi) is 3.81. The molecule has 0 aliphatic heterocycles. The van der Waals surface area contributed by atoms with Gasteiger partial charge < -0.3 is 5.32 Å². The third kappa shape index (κ3) is 3.10. The van der Waals surface area contributed by atoms with E-state index in [1.807, 2.05) is 6.07 Å². The second-order valence-electron chi connectivity index (χ2n) is 3.77. The summed E-state index contributed by atoms with van der Waals surface area (Å²) in [6.07, 6.45) is 1.17. The van der Waals surface area contributed by atoms with Crippen molar-refractivity contribution in [1.29, 1.82) is 0 Å². The first kappa shape index (κ1) is 10.1. The molecule has 0 aliphatic carbocycles. The van der Waals surface area contributed by atoms with Gasteiger partial charge in [0, 0.05) is 11.7 Å². The SMILES string of the molecule is CC[C@@H](Nc1ccccc1)C(C)C. The van der Waals surface area contributed by atoms with Crippen LogP contribution >= 0.6 is 0 Å². The van der Waals surface area contributed by atoms with Gasteiger partial charge >= 0.3 is 0 Å². The van der Waals surface area contributed by atoms with Crippen molar-refractivity contribution in [1.82, 2.24) is 0 Å². The molecule has 1 aromatic rings. The van der Waals surface area contributed by atoms with Crippen LogP contribution in [0.3, 0.4) is 0 Å². The van der Waals surface area contributed by atoms with Gasteiger partial charge in [0.25, 0.3) is 0 Å². The Bertz CT molecular complexity index is 228. The zero-order valence-electron chi connectivity index (χ0n) is 8.75. The van der Waals surface area contributed by atoms with Crippen molar-refractivity contribution < 1.29 is 0 Å². The molecule has 0 amide bonds. The Morgan fingerprint density at radius 1 is 1.15 bits per heavy atom. The monoisotopic (exact) mass is 177 g/mol. The minimum atomic E-state index is 0.586. The van der Waals surface area contributed by atoms with E-state index in [0.29, 0.717) is 12.0 Å². The van der Waals surface area contributed by atoms with E-state index in [9.17, 15) is 0 Å². The average Bonchev–Trinajstić information content (AvgIpc) is 2.15. The van der Waals surface area contributed by atoms with E-state index in [0.717, 1.165) is 0 Å². The molecule has 0 saturated carbocycles. The van der Waals surface area contributed by atoms with Crippen LogP contribution in [0.25, 0.3) is 0 Å². The molecule has 0 bridgehead atoms. The molecule has 0 fully saturated rings. The van der Waals surface area contributed by atoms with E-state index >= 15 is 0 Å². The summed E-state index contributed by atoms with van der Waals surface area (Å²) in [5.74, 6) is 0.685. The van der Waals surface area contributed by atoms with Gasteiger partial charge in [-0.15, -0.1) is 0 Å². The lowest BCUT2D eigenvalue weighted by Gasteiger charge is -2.21. The van der Waals surface area contributed by atoms with Crippen molar-refractivity contribution in [2.24, 2.45) is 5.92 Å². The van der Waals surface area contributed by atoms with Crippen LogP contribution in [0.15, 0.2) is 30.3 Å². The highest BCUT2D eigenvalue weighted by Gasteiger charge is 2.09. The Labute approximate surface area is 81.2 Å². The van der Waals surface area contributed by atoms with E-state index < -0.39 is 0 Å². The summed E-state index contributed by atoms with van der Waals surface area (Å²) in [4.78, 5) is 0. The number of anilines is 1. The molecular formula is C12H19N. The van der Waals surface area contributed by atoms with Crippen LogP contribution in [0.4, 0.5) is 5.69 Å². The quantitative estimate of drug-likeness (QED) is 0.741. The Hall–Kier alpha value is -0.980. The van der Waals surface area contributed by atoms with Gasteiger partial charge in [0.05, 0.1) is 0 Å². The molecule has 0 spiro atoms. The van der Waals surface area contributed by atoms with Gasteiger partial charge in [0.2, 0.25) is 0 Å². The number of para-hydroxylation sites is 1. The summed E-state index contributed by atoms with van der Waals surface area (Å²) in [6.45, 7) is 6.73. The minimum Gasteiger partial charge on any atom is -0.382 e. The summed E-state index contributed by atoms with van der Waals surface area (Å²) in [6, 6.07) is 11.0. The maximum absolute atomic E-state index is 3.53. The first-order chi connectivity index (χ1) is 6.24. The first-order valence-electron chi connectivity index (χ1n) is 5.05. The normalized spacial score (nSPS) is 12.9. The average molecular weight is 177 g/mol. The number of rotatable bonds is 4. The summed E-state index contributed by atoms with van der Waals surface area (Å²) >= 11 is 0. The molecule has 1 heteroatoms. The highest BCUT2D eigenvalue weighted by Crippen LogP contribution is 2.14. The van der Waals surface area contributed by atoms with Crippen LogP contribution in [0.1, 0.15) is 27.2 Å². The highest BCUT2D eigenvalue weighted by atomic mass is 14.9. The van der Waals surface area contributed by atoms with Crippen molar-refractivity contribution >= 4 is 5.69 Å². The third-order valence-electron chi connectivity index (χ3n) is 2.37. The van der Waals surface area contributed by atoms with E-state index in [1.54, 1.807) is 0 Å². The first-order valence-corrected chi connectivity index (χ1v) is 5.05. The molecule has 72 valence electrons. The zero-order chi connectivity index (χ0) is 9.68. The van der Waals surface area contributed by atoms with Crippen LogP contribution in [-0.2, 0) is 0 Å².